The highest BCUT2D eigenvalue weighted by atomic mass is 32.2. The topological polar surface area (TPSA) is 72.5 Å². The van der Waals surface area contributed by atoms with Crippen LogP contribution in [0.25, 0.3) is 0 Å². The molecule has 11 heteroatoms. The van der Waals surface area contributed by atoms with Gasteiger partial charge in [0.2, 0.25) is 15.8 Å². The van der Waals surface area contributed by atoms with Crippen LogP contribution in [0.1, 0.15) is 27.7 Å². The number of benzene rings is 1. The second kappa shape index (κ2) is 6.63. The second-order valence-electron chi connectivity index (χ2n) is 5.78. The van der Waals surface area contributed by atoms with Gasteiger partial charge in [0, 0.05) is 0 Å². The lowest BCUT2D eigenvalue weighted by Gasteiger charge is -2.22. The number of carbonyl (C=O) groups is 1. The van der Waals surface area contributed by atoms with Crippen molar-refractivity contribution in [2.75, 3.05) is 0 Å². The van der Waals surface area contributed by atoms with Crippen molar-refractivity contribution < 1.29 is 39.9 Å². The predicted octanol–water partition coefficient (Wildman–Crippen LogP) is 2.39. The van der Waals surface area contributed by atoms with Crippen LogP contribution in [0, 0.1) is 29.1 Å². The number of esters is 1. The molecule has 0 amide bonds. The summed E-state index contributed by atoms with van der Waals surface area (Å²) in [5, 5.41) is 0. The Labute approximate surface area is 134 Å². The molecule has 0 aliphatic carbocycles. The molecule has 0 aliphatic rings. The molecular weight excluding hydrogens is 361 g/mol. The van der Waals surface area contributed by atoms with Crippen molar-refractivity contribution in [3.8, 4) is 0 Å². The lowest BCUT2D eigenvalue weighted by molar-refractivity contribution is -0.156. The molecule has 0 aliphatic heterocycles. The summed E-state index contributed by atoms with van der Waals surface area (Å²) in [6.07, 6.45) is 0. The SMILES string of the molecule is CC(NS(=O)(=O)c1c(F)c(F)c(F)c(F)c1F)C(=O)OC(C)(C)C. The van der Waals surface area contributed by atoms with E-state index in [-0.39, 0.29) is 0 Å². The van der Waals surface area contributed by atoms with Gasteiger partial charge in [-0.25, -0.2) is 30.4 Å². The van der Waals surface area contributed by atoms with Gasteiger partial charge in [0.05, 0.1) is 0 Å². The van der Waals surface area contributed by atoms with Crippen LogP contribution in [0.3, 0.4) is 0 Å². The molecule has 0 saturated carbocycles. The minimum absolute atomic E-state index is 0.984. The molecule has 0 radical (unpaired) electrons. The first-order valence-corrected chi connectivity index (χ1v) is 7.94. The van der Waals surface area contributed by atoms with Crippen molar-refractivity contribution in [3.05, 3.63) is 29.1 Å². The molecule has 0 fully saturated rings. The lowest BCUT2D eigenvalue weighted by atomic mass is 10.2. The number of halogens is 5. The first-order chi connectivity index (χ1) is 10.7. The molecule has 1 rings (SSSR count). The molecule has 5 nitrogen and oxygen atoms in total. The van der Waals surface area contributed by atoms with E-state index in [4.69, 9.17) is 4.74 Å². The van der Waals surface area contributed by atoms with Crippen LogP contribution >= 0.6 is 0 Å². The summed E-state index contributed by atoms with van der Waals surface area (Å²) >= 11 is 0. The van der Waals surface area contributed by atoms with Gasteiger partial charge in [-0.2, -0.15) is 4.72 Å². The molecule has 0 aromatic heterocycles. The third kappa shape index (κ3) is 4.20. The van der Waals surface area contributed by atoms with E-state index in [0.29, 0.717) is 0 Å². The van der Waals surface area contributed by atoms with Crippen molar-refractivity contribution in [2.45, 2.75) is 44.2 Å². The van der Waals surface area contributed by atoms with Gasteiger partial charge in [-0.05, 0) is 27.7 Å². The minimum atomic E-state index is -5.23. The van der Waals surface area contributed by atoms with Crippen molar-refractivity contribution in [1.82, 2.24) is 4.72 Å². The monoisotopic (exact) mass is 375 g/mol. The van der Waals surface area contributed by atoms with Crippen LogP contribution in [0.15, 0.2) is 4.90 Å². The zero-order chi connectivity index (χ0) is 19.0. The minimum Gasteiger partial charge on any atom is -0.459 e. The third-order valence-electron chi connectivity index (χ3n) is 2.53. The van der Waals surface area contributed by atoms with Crippen LogP contribution in [-0.2, 0) is 19.6 Å². The van der Waals surface area contributed by atoms with E-state index in [1.807, 2.05) is 0 Å². The first kappa shape index (κ1) is 20.3. The smallest absolute Gasteiger partial charge is 0.324 e. The summed E-state index contributed by atoms with van der Waals surface area (Å²) in [7, 11) is -5.23. The normalized spacial score (nSPS) is 13.7. The predicted molar refractivity (Wildman–Crippen MR) is 71.9 cm³/mol. The molecule has 1 N–H and O–H groups in total. The van der Waals surface area contributed by atoms with Crippen LogP contribution < -0.4 is 4.72 Å². The van der Waals surface area contributed by atoms with Gasteiger partial charge in [0.15, 0.2) is 28.2 Å². The standard InChI is InChI=1S/C13H14F5NO4S/c1-5(12(20)23-13(2,3)4)19-24(21,22)11-9(17)7(15)6(14)8(16)10(11)18/h5,19H,1-4H3. The fraction of sp³-hybridized carbons (Fsp3) is 0.462. The molecule has 0 spiro atoms. The Balaban J connectivity index is 3.26. The summed E-state index contributed by atoms with van der Waals surface area (Å²) in [5.41, 5.74) is -0.985. The number of ether oxygens (including phenoxy) is 1. The lowest BCUT2D eigenvalue weighted by Crippen LogP contribution is -2.42. The average molecular weight is 375 g/mol. The number of carbonyl (C=O) groups excluding carboxylic acids is 1. The van der Waals surface area contributed by atoms with E-state index in [2.05, 4.69) is 0 Å². The number of rotatable bonds is 4. The maximum absolute atomic E-state index is 13.6. The fourth-order valence-corrected chi connectivity index (χ4v) is 2.88. The van der Waals surface area contributed by atoms with E-state index >= 15 is 0 Å². The van der Waals surface area contributed by atoms with Crippen LogP contribution in [0.5, 0.6) is 0 Å². The van der Waals surface area contributed by atoms with Gasteiger partial charge in [0.25, 0.3) is 0 Å². The Hall–Kier alpha value is -1.75. The molecule has 1 aromatic carbocycles. The van der Waals surface area contributed by atoms with Crippen molar-refractivity contribution in [3.63, 3.8) is 0 Å². The maximum Gasteiger partial charge on any atom is 0.324 e. The number of nitrogens with one attached hydrogen (secondary N) is 1. The molecule has 24 heavy (non-hydrogen) atoms. The quantitative estimate of drug-likeness (QED) is 0.380. The first-order valence-electron chi connectivity index (χ1n) is 6.45. The number of hydrogen-bond acceptors (Lipinski definition) is 4. The molecule has 136 valence electrons. The van der Waals surface area contributed by atoms with Gasteiger partial charge in [0.1, 0.15) is 11.6 Å². The fourth-order valence-electron chi connectivity index (χ4n) is 1.55. The number of hydrogen-bond donors (Lipinski definition) is 1. The molecule has 0 bridgehead atoms. The van der Waals surface area contributed by atoms with E-state index in [9.17, 15) is 35.2 Å². The Morgan fingerprint density at radius 2 is 1.33 bits per heavy atom. The van der Waals surface area contributed by atoms with Gasteiger partial charge in [-0.15, -0.1) is 0 Å². The summed E-state index contributed by atoms with van der Waals surface area (Å²) in [5.74, 6) is -13.5. The van der Waals surface area contributed by atoms with Gasteiger partial charge >= 0.3 is 5.97 Å². The molecule has 1 atom stereocenters. The van der Waals surface area contributed by atoms with E-state index in [0.717, 1.165) is 6.92 Å². The zero-order valence-corrected chi connectivity index (χ0v) is 13.8. The van der Waals surface area contributed by atoms with E-state index in [1.54, 1.807) is 0 Å². The highest BCUT2D eigenvalue weighted by Crippen LogP contribution is 2.26. The molecule has 0 saturated heterocycles. The van der Waals surface area contributed by atoms with Crippen LogP contribution in [-0.4, -0.2) is 26.0 Å². The zero-order valence-electron chi connectivity index (χ0n) is 13.0. The third-order valence-corrected chi connectivity index (χ3v) is 4.09. The number of sulfonamides is 1. The summed E-state index contributed by atoms with van der Waals surface area (Å²) < 4.78 is 96.5. The molecule has 0 heterocycles. The Kier molecular flexibility index (Phi) is 5.61. The highest BCUT2D eigenvalue weighted by molar-refractivity contribution is 7.89. The Morgan fingerprint density at radius 3 is 1.71 bits per heavy atom. The van der Waals surface area contributed by atoms with Gasteiger partial charge in [-0.3, -0.25) is 4.79 Å². The molecule has 1 aromatic rings. The van der Waals surface area contributed by atoms with E-state index in [1.165, 1.54) is 25.5 Å². The van der Waals surface area contributed by atoms with E-state index < -0.39 is 61.6 Å². The average Bonchev–Trinajstić information content (AvgIpc) is 2.40. The van der Waals surface area contributed by atoms with Crippen molar-refractivity contribution in [2.24, 2.45) is 0 Å². The van der Waals surface area contributed by atoms with Crippen LogP contribution in [0.4, 0.5) is 22.0 Å². The second-order valence-corrected chi connectivity index (χ2v) is 7.43. The maximum atomic E-state index is 13.6. The summed E-state index contributed by atoms with van der Waals surface area (Å²) in [6.45, 7) is 5.43. The van der Waals surface area contributed by atoms with Gasteiger partial charge < -0.3 is 4.74 Å². The summed E-state index contributed by atoms with van der Waals surface area (Å²) in [6, 6.07) is -1.63. The molecule has 1 unspecified atom stereocenters. The molecular formula is C13H14F5NO4S. The Morgan fingerprint density at radius 1 is 0.958 bits per heavy atom. The summed E-state index contributed by atoms with van der Waals surface area (Å²) in [4.78, 5) is 9.61. The van der Waals surface area contributed by atoms with Crippen molar-refractivity contribution in [1.29, 1.82) is 0 Å². The highest BCUT2D eigenvalue weighted by Gasteiger charge is 2.35. The largest absolute Gasteiger partial charge is 0.459 e. The van der Waals surface area contributed by atoms with Crippen molar-refractivity contribution >= 4 is 16.0 Å². The van der Waals surface area contributed by atoms with Gasteiger partial charge in [-0.1, -0.05) is 0 Å². The van der Waals surface area contributed by atoms with Crippen LogP contribution in [0.2, 0.25) is 0 Å². The Bertz CT molecular complexity index is 745.